The van der Waals surface area contributed by atoms with Crippen molar-refractivity contribution in [3.05, 3.63) is 59.3 Å². The third-order valence-corrected chi connectivity index (χ3v) is 6.58. The van der Waals surface area contributed by atoms with Crippen LogP contribution in [0.1, 0.15) is 29.5 Å². The first kappa shape index (κ1) is 19.7. The molecule has 1 aliphatic carbocycles. The van der Waals surface area contributed by atoms with Crippen molar-refractivity contribution >= 4 is 28.4 Å². The van der Waals surface area contributed by atoms with Crippen LogP contribution < -0.4 is 10.1 Å². The zero-order chi connectivity index (χ0) is 21.4. The zero-order valence-electron chi connectivity index (χ0n) is 17.7. The fraction of sp³-hybridized carbons (Fsp3) is 0.360. The molecule has 3 aromatic rings. The lowest BCUT2D eigenvalue weighted by atomic mass is 10.1. The Bertz CT molecular complexity index is 1150. The van der Waals surface area contributed by atoms with Gasteiger partial charge in [0.05, 0.1) is 13.0 Å². The third kappa shape index (κ3) is 3.90. The number of hydrogen-bond donors (Lipinski definition) is 2. The van der Waals surface area contributed by atoms with E-state index < -0.39 is 0 Å². The molecular weight excluding hydrogens is 390 g/mol. The highest BCUT2D eigenvalue weighted by molar-refractivity contribution is 5.97. The van der Waals surface area contributed by atoms with Gasteiger partial charge >= 0.3 is 0 Å². The highest BCUT2D eigenvalue weighted by Crippen LogP contribution is 2.27. The molecule has 160 valence electrons. The lowest BCUT2D eigenvalue weighted by molar-refractivity contribution is -0.128. The summed E-state index contributed by atoms with van der Waals surface area (Å²) in [6, 6.07) is 12.1. The van der Waals surface area contributed by atoms with Gasteiger partial charge in [-0.05, 0) is 72.7 Å². The Balaban J connectivity index is 1.21. The second kappa shape index (κ2) is 8.10. The largest absolute Gasteiger partial charge is 0.497 e. The van der Waals surface area contributed by atoms with Crippen molar-refractivity contribution in [2.45, 2.75) is 32.1 Å². The van der Waals surface area contributed by atoms with Gasteiger partial charge in [-0.15, -0.1) is 0 Å². The number of nitrogens with zero attached hydrogens (tertiary/aromatic N) is 1. The van der Waals surface area contributed by atoms with Crippen molar-refractivity contribution < 1.29 is 14.3 Å². The molecule has 1 atom stereocenters. The number of fused-ring (bicyclic) bond motifs is 2. The molecule has 0 radical (unpaired) electrons. The van der Waals surface area contributed by atoms with E-state index >= 15 is 0 Å². The average Bonchev–Trinajstić information content (AvgIpc) is 3.49. The molecule has 31 heavy (non-hydrogen) atoms. The number of amides is 2. The minimum absolute atomic E-state index is 0.0477. The molecular formula is C25H27N3O3. The van der Waals surface area contributed by atoms with Gasteiger partial charge in [-0.1, -0.05) is 6.07 Å². The minimum atomic E-state index is -0.302. The molecule has 1 saturated heterocycles. The Labute approximate surface area is 181 Å². The third-order valence-electron chi connectivity index (χ3n) is 6.58. The number of rotatable bonds is 6. The zero-order valence-corrected chi connectivity index (χ0v) is 17.7. The van der Waals surface area contributed by atoms with E-state index in [1.54, 1.807) is 7.11 Å². The van der Waals surface area contributed by atoms with E-state index in [1.165, 1.54) is 17.5 Å². The van der Waals surface area contributed by atoms with Crippen molar-refractivity contribution in [2.24, 2.45) is 5.92 Å². The number of hydrogen-bond acceptors (Lipinski definition) is 3. The molecule has 2 aliphatic rings. The Morgan fingerprint density at radius 2 is 2.06 bits per heavy atom. The van der Waals surface area contributed by atoms with Crippen LogP contribution in [-0.4, -0.2) is 41.9 Å². The Morgan fingerprint density at radius 3 is 2.94 bits per heavy atom. The molecule has 2 N–H and O–H groups in total. The summed E-state index contributed by atoms with van der Waals surface area (Å²) in [4.78, 5) is 30.4. The number of aromatic nitrogens is 1. The van der Waals surface area contributed by atoms with Crippen LogP contribution in [0.25, 0.3) is 10.9 Å². The first-order valence-corrected chi connectivity index (χ1v) is 10.9. The number of likely N-dealkylation sites (tertiary alicyclic amines) is 1. The summed E-state index contributed by atoms with van der Waals surface area (Å²) in [5.74, 6) is 0.495. The second-order valence-electron chi connectivity index (χ2n) is 8.54. The van der Waals surface area contributed by atoms with Crippen LogP contribution in [0.4, 0.5) is 5.69 Å². The number of methoxy groups -OCH3 is 1. The van der Waals surface area contributed by atoms with E-state index in [2.05, 4.69) is 22.4 Å². The fourth-order valence-corrected chi connectivity index (χ4v) is 4.80. The predicted octanol–water partition coefficient (Wildman–Crippen LogP) is 3.69. The van der Waals surface area contributed by atoms with Gasteiger partial charge in [-0.25, -0.2) is 0 Å². The molecule has 1 aliphatic heterocycles. The van der Waals surface area contributed by atoms with Crippen LogP contribution in [0.15, 0.2) is 42.6 Å². The summed E-state index contributed by atoms with van der Waals surface area (Å²) in [5, 5.41) is 4.13. The van der Waals surface area contributed by atoms with E-state index in [-0.39, 0.29) is 24.2 Å². The summed E-state index contributed by atoms with van der Waals surface area (Å²) in [5.41, 5.74) is 5.75. The van der Waals surface area contributed by atoms with Gasteiger partial charge < -0.3 is 19.9 Å². The molecule has 0 saturated carbocycles. The number of aryl methyl sites for hydroxylation is 2. The SMILES string of the molecule is COc1ccc2[nH]cc(CCN3C[C@@H](C(=O)Nc4ccc5c(c4)CCC5)CC3=O)c2c1. The molecule has 1 fully saturated rings. The molecule has 2 amide bonds. The lowest BCUT2D eigenvalue weighted by Gasteiger charge is -2.16. The number of nitrogens with one attached hydrogen (secondary N) is 2. The standard InChI is InChI=1S/C25H27N3O3/c1-31-21-7-8-23-22(13-21)18(14-26-23)9-10-28-15-19(12-24(28)29)25(30)27-20-6-5-16-3-2-4-17(16)11-20/h5-8,11,13-14,19,26H,2-4,9-10,12,15H2,1H3,(H,27,30)/t19-/m0/s1. The number of aromatic amines is 1. The van der Waals surface area contributed by atoms with Crippen LogP contribution in [-0.2, 0) is 28.9 Å². The van der Waals surface area contributed by atoms with Crippen molar-refractivity contribution in [3.8, 4) is 5.75 Å². The van der Waals surface area contributed by atoms with Crippen molar-refractivity contribution in [1.29, 1.82) is 0 Å². The number of benzene rings is 2. The molecule has 0 spiro atoms. The van der Waals surface area contributed by atoms with Crippen LogP contribution in [0.2, 0.25) is 0 Å². The van der Waals surface area contributed by atoms with Gasteiger partial charge in [0.2, 0.25) is 11.8 Å². The summed E-state index contributed by atoms with van der Waals surface area (Å²) < 4.78 is 5.33. The monoisotopic (exact) mass is 417 g/mol. The van der Waals surface area contributed by atoms with E-state index in [1.807, 2.05) is 35.4 Å². The molecule has 2 aromatic carbocycles. The van der Waals surface area contributed by atoms with Crippen LogP contribution in [0.3, 0.4) is 0 Å². The van der Waals surface area contributed by atoms with Gasteiger partial charge in [0, 0.05) is 42.3 Å². The Morgan fingerprint density at radius 1 is 1.19 bits per heavy atom. The van der Waals surface area contributed by atoms with Crippen molar-refractivity contribution in [1.82, 2.24) is 9.88 Å². The number of H-pyrrole nitrogens is 1. The lowest BCUT2D eigenvalue weighted by Crippen LogP contribution is -2.30. The summed E-state index contributed by atoms with van der Waals surface area (Å²) in [6.07, 6.45) is 6.38. The van der Waals surface area contributed by atoms with E-state index in [4.69, 9.17) is 4.74 Å². The topological polar surface area (TPSA) is 74.4 Å². The molecule has 6 heteroatoms. The smallest absolute Gasteiger partial charge is 0.229 e. The van der Waals surface area contributed by atoms with Gasteiger partial charge in [0.15, 0.2) is 0 Å². The molecule has 0 bridgehead atoms. The van der Waals surface area contributed by atoms with E-state index in [9.17, 15) is 9.59 Å². The summed E-state index contributed by atoms with van der Waals surface area (Å²) in [7, 11) is 1.66. The average molecular weight is 418 g/mol. The highest BCUT2D eigenvalue weighted by Gasteiger charge is 2.34. The number of carbonyl (C=O) groups is 2. The van der Waals surface area contributed by atoms with Gasteiger partial charge in [-0.3, -0.25) is 9.59 Å². The maximum absolute atomic E-state index is 12.8. The first-order valence-electron chi connectivity index (χ1n) is 10.9. The van der Waals surface area contributed by atoms with Gasteiger partial charge in [-0.2, -0.15) is 0 Å². The highest BCUT2D eigenvalue weighted by atomic mass is 16.5. The first-order chi connectivity index (χ1) is 15.1. The maximum atomic E-state index is 12.8. The number of ether oxygens (including phenoxy) is 1. The van der Waals surface area contributed by atoms with Crippen molar-refractivity contribution in [2.75, 3.05) is 25.5 Å². The number of carbonyl (C=O) groups excluding carboxylic acids is 2. The van der Waals surface area contributed by atoms with Gasteiger partial charge in [0.1, 0.15) is 5.75 Å². The van der Waals surface area contributed by atoms with Gasteiger partial charge in [0.25, 0.3) is 0 Å². The molecule has 6 nitrogen and oxygen atoms in total. The Hall–Kier alpha value is -3.28. The minimum Gasteiger partial charge on any atom is -0.497 e. The van der Waals surface area contributed by atoms with E-state index in [0.29, 0.717) is 13.1 Å². The maximum Gasteiger partial charge on any atom is 0.229 e. The Kier molecular flexibility index (Phi) is 5.14. The quantitative estimate of drug-likeness (QED) is 0.642. The van der Waals surface area contributed by atoms with Crippen molar-refractivity contribution in [3.63, 3.8) is 0 Å². The fourth-order valence-electron chi connectivity index (χ4n) is 4.80. The summed E-state index contributed by atoms with van der Waals surface area (Å²) >= 11 is 0. The van der Waals surface area contributed by atoms with Crippen LogP contribution >= 0.6 is 0 Å². The summed E-state index contributed by atoms with van der Waals surface area (Å²) in [6.45, 7) is 1.08. The van der Waals surface area contributed by atoms with Crippen LogP contribution in [0.5, 0.6) is 5.75 Å². The predicted molar refractivity (Wildman–Crippen MR) is 120 cm³/mol. The molecule has 1 aromatic heterocycles. The number of anilines is 1. The molecule has 5 rings (SSSR count). The molecule has 0 unspecified atom stereocenters. The van der Waals surface area contributed by atoms with Crippen LogP contribution in [0, 0.1) is 5.92 Å². The molecule has 2 heterocycles. The normalized spacial score (nSPS) is 17.9. The van der Waals surface area contributed by atoms with E-state index in [0.717, 1.165) is 47.2 Å². The second-order valence-corrected chi connectivity index (χ2v) is 8.54.